The van der Waals surface area contributed by atoms with E-state index in [9.17, 15) is 0 Å². The van der Waals surface area contributed by atoms with Gasteiger partial charge in [0.15, 0.2) is 0 Å². The van der Waals surface area contributed by atoms with Crippen LogP contribution in [0.1, 0.15) is 13.3 Å². The highest BCUT2D eigenvalue weighted by Gasteiger charge is 2.15. The first-order chi connectivity index (χ1) is 10.2. The summed E-state index contributed by atoms with van der Waals surface area (Å²) in [6.07, 6.45) is 1.02. The molecule has 1 nitrogen and oxygen atoms in total. The zero-order valence-electron chi connectivity index (χ0n) is 12.1. The van der Waals surface area contributed by atoms with Crippen LogP contribution in [-0.2, 0) is 6.54 Å². The number of benzene rings is 2. The number of halogens is 1. The molecule has 0 atom stereocenters. The Morgan fingerprint density at radius 2 is 1.71 bits per heavy atom. The van der Waals surface area contributed by atoms with E-state index >= 15 is 0 Å². The number of allylic oxidation sites excluding steroid dienone is 1. The van der Waals surface area contributed by atoms with E-state index in [0.29, 0.717) is 0 Å². The topological polar surface area (TPSA) is 4.93 Å². The summed E-state index contributed by atoms with van der Waals surface area (Å²) in [6, 6.07) is 19.3. The fraction of sp³-hybridized carbons (Fsp3) is 0.158. The molecule has 0 aliphatic rings. The van der Waals surface area contributed by atoms with Crippen molar-refractivity contribution in [2.75, 3.05) is 0 Å². The lowest BCUT2D eigenvalue weighted by Crippen LogP contribution is -2.00. The Morgan fingerprint density at radius 3 is 2.43 bits per heavy atom. The monoisotopic (exact) mass is 387 g/mol. The lowest BCUT2D eigenvalue weighted by molar-refractivity contribution is 0.705. The van der Waals surface area contributed by atoms with Crippen molar-refractivity contribution in [2.24, 2.45) is 0 Å². The predicted octanol–water partition coefficient (Wildman–Crippen LogP) is 5.88. The molecule has 0 aliphatic carbocycles. The van der Waals surface area contributed by atoms with Crippen LogP contribution in [0.3, 0.4) is 0 Å². The number of rotatable bonds is 4. The molecular formula is C19H18IN. The van der Waals surface area contributed by atoms with Crippen LogP contribution in [0.15, 0.2) is 66.7 Å². The van der Waals surface area contributed by atoms with Crippen molar-refractivity contribution < 1.29 is 0 Å². The molecule has 0 saturated carbocycles. The summed E-state index contributed by atoms with van der Waals surface area (Å²) in [7, 11) is 0. The van der Waals surface area contributed by atoms with Gasteiger partial charge in [-0.05, 0) is 47.6 Å². The summed E-state index contributed by atoms with van der Waals surface area (Å²) in [5.41, 5.74) is 5.16. The van der Waals surface area contributed by atoms with E-state index in [1.165, 1.54) is 31.3 Å². The van der Waals surface area contributed by atoms with Gasteiger partial charge in [-0.2, -0.15) is 0 Å². The molecule has 3 rings (SSSR count). The van der Waals surface area contributed by atoms with Gasteiger partial charge in [-0.25, -0.2) is 0 Å². The minimum absolute atomic E-state index is 0.987. The molecule has 0 spiro atoms. The van der Waals surface area contributed by atoms with Crippen LogP contribution in [0, 0.1) is 3.70 Å². The summed E-state index contributed by atoms with van der Waals surface area (Å²) < 4.78 is 3.72. The highest BCUT2D eigenvalue weighted by Crippen LogP contribution is 2.36. The largest absolute Gasteiger partial charge is 0.335 e. The van der Waals surface area contributed by atoms with Gasteiger partial charge in [-0.3, -0.25) is 0 Å². The number of nitrogens with zero attached hydrogens (tertiary/aromatic N) is 1. The maximum atomic E-state index is 4.03. The molecule has 0 aliphatic heterocycles. The predicted molar refractivity (Wildman–Crippen MR) is 99.5 cm³/mol. The Hall–Kier alpha value is -1.55. The standard InChI is InChI=1S/C19H18IN/c1-14(2)12-13-21-17-11-7-6-10-16(17)18(19(21)20)15-8-4-3-5-9-15/h3-11H,1,12-13H2,2H3. The van der Waals surface area contributed by atoms with Crippen molar-refractivity contribution in [2.45, 2.75) is 19.9 Å². The van der Waals surface area contributed by atoms with Crippen LogP contribution < -0.4 is 0 Å². The van der Waals surface area contributed by atoms with Gasteiger partial charge in [0, 0.05) is 23.0 Å². The van der Waals surface area contributed by atoms with E-state index in [1.54, 1.807) is 0 Å². The van der Waals surface area contributed by atoms with Crippen LogP contribution in [0.4, 0.5) is 0 Å². The minimum Gasteiger partial charge on any atom is -0.335 e. The Bertz CT molecular complexity index is 784. The number of hydrogen-bond acceptors (Lipinski definition) is 0. The van der Waals surface area contributed by atoms with Crippen molar-refractivity contribution in [3.63, 3.8) is 0 Å². The number of aromatic nitrogens is 1. The highest BCUT2D eigenvalue weighted by molar-refractivity contribution is 14.1. The zero-order valence-corrected chi connectivity index (χ0v) is 14.3. The van der Waals surface area contributed by atoms with Gasteiger partial charge in [-0.1, -0.05) is 54.1 Å². The maximum Gasteiger partial charge on any atom is 0.0888 e. The molecule has 0 N–H and O–H groups in total. The Morgan fingerprint density at radius 1 is 1.05 bits per heavy atom. The van der Waals surface area contributed by atoms with Crippen molar-refractivity contribution in [3.8, 4) is 11.1 Å². The zero-order chi connectivity index (χ0) is 14.8. The van der Waals surface area contributed by atoms with Gasteiger partial charge in [-0.15, -0.1) is 6.58 Å². The molecular weight excluding hydrogens is 369 g/mol. The molecule has 0 radical (unpaired) electrons. The number of aryl methyl sites for hydroxylation is 1. The summed E-state index contributed by atoms with van der Waals surface area (Å²) >= 11 is 2.48. The molecule has 1 heterocycles. The second-order valence-electron chi connectivity index (χ2n) is 5.41. The molecule has 2 heteroatoms. The van der Waals surface area contributed by atoms with Crippen LogP contribution in [0.25, 0.3) is 22.0 Å². The number of para-hydroxylation sites is 1. The number of hydrogen-bond donors (Lipinski definition) is 0. The molecule has 0 amide bonds. The lowest BCUT2D eigenvalue weighted by atomic mass is 10.1. The van der Waals surface area contributed by atoms with Crippen molar-refractivity contribution in [1.82, 2.24) is 4.57 Å². The molecule has 21 heavy (non-hydrogen) atoms. The first-order valence-electron chi connectivity index (χ1n) is 7.15. The van der Waals surface area contributed by atoms with Gasteiger partial charge in [0.25, 0.3) is 0 Å². The van der Waals surface area contributed by atoms with Crippen LogP contribution in [0.2, 0.25) is 0 Å². The van der Waals surface area contributed by atoms with Crippen LogP contribution in [0.5, 0.6) is 0 Å². The van der Waals surface area contributed by atoms with E-state index in [2.05, 4.69) is 95.3 Å². The van der Waals surface area contributed by atoms with Crippen LogP contribution in [-0.4, -0.2) is 4.57 Å². The van der Waals surface area contributed by atoms with E-state index in [-0.39, 0.29) is 0 Å². The Balaban J connectivity index is 2.21. The van der Waals surface area contributed by atoms with Crippen molar-refractivity contribution >= 4 is 33.5 Å². The SMILES string of the molecule is C=C(C)CCn1c(I)c(-c2ccccc2)c2ccccc21. The summed E-state index contributed by atoms with van der Waals surface area (Å²) in [4.78, 5) is 0. The van der Waals surface area contributed by atoms with E-state index < -0.39 is 0 Å². The smallest absolute Gasteiger partial charge is 0.0888 e. The van der Waals surface area contributed by atoms with Gasteiger partial charge < -0.3 is 4.57 Å². The molecule has 2 aromatic carbocycles. The number of fused-ring (bicyclic) bond motifs is 1. The quantitative estimate of drug-likeness (QED) is 0.389. The second-order valence-corrected chi connectivity index (χ2v) is 6.43. The molecule has 106 valence electrons. The fourth-order valence-corrected chi connectivity index (χ4v) is 3.78. The first-order valence-corrected chi connectivity index (χ1v) is 8.23. The molecule has 3 aromatic rings. The molecule has 0 fully saturated rings. The summed E-state index contributed by atoms with van der Waals surface area (Å²) in [6.45, 7) is 7.11. The third-order valence-electron chi connectivity index (χ3n) is 3.73. The highest BCUT2D eigenvalue weighted by atomic mass is 127. The first kappa shape index (κ1) is 14.4. The molecule has 0 bridgehead atoms. The van der Waals surface area contributed by atoms with Crippen molar-refractivity contribution in [1.29, 1.82) is 0 Å². The third kappa shape index (κ3) is 2.77. The van der Waals surface area contributed by atoms with E-state index in [1.807, 2.05) is 0 Å². The minimum atomic E-state index is 0.987. The third-order valence-corrected chi connectivity index (χ3v) is 4.85. The molecule has 1 aromatic heterocycles. The van der Waals surface area contributed by atoms with Gasteiger partial charge in [0.1, 0.15) is 0 Å². The average molecular weight is 387 g/mol. The summed E-state index contributed by atoms with van der Waals surface area (Å²) in [5.74, 6) is 0. The van der Waals surface area contributed by atoms with Gasteiger partial charge in [0.2, 0.25) is 0 Å². The van der Waals surface area contributed by atoms with E-state index in [0.717, 1.165) is 13.0 Å². The Labute approximate surface area is 139 Å². The molecule has 0 unspecified atom stereocenters. The Kier molecular flexibility index (Phi) is 4.15. The summed E-state index contributed by atoms with van der Waals surface area (Å²) in [5, 5.41) is 1.33. The van der Waals surface area contributed by atoms with E-state index in [4.69, 9.17) is 0 Å². The second kappa shape index (κ2) is 6.06. The fourth-order valence-electron chi connectivity index (χ4n) is 2.67. The maximum absolute atomic E-state index is 4.03. The van der Waals surface area contributed by atoms with Gasteiger partial charge >= 0.3 is 0 Å². The van der Waals surface area contributed by atoms with Crippen LogP contribution >= 0.6 is 22.6 Å². The van der Waals surface area contributed by atoms with Crippen molar-refractivity contribution in [3.05, 3.63) is 70.5 Å². The lowest BCUT2D eigenvalue weighted by Gasteiger charge is -2.07. The normalized spacial score (nSPS) is 11.0. The molecule has 0 saturated heterocycles. The van der Waals surface area contributed by atoms with Gasteiger partial charge in [0.05, 0.1) is 3.70 Å². The average Bonchev–Trinajstić information content (AvgIpc) is 2.78.